The number of carbonyl (C=O) groups is 2. The second-order valence-corrected chi connectivity index (χ2v) is 9.04. The van der Waals surface area contributed by atoms with E-state index in [-0.39, 0.29) is 6.61 Å². The van der Waals surface area contributed by atoms with Crippen molar-refractivity contribution in [3.05, 3.63) is 44.9 Å². The summed E-state index contributed by atoms with van der Waals surface area (Å²) in [6.07, 6.45) is 2.49. The Bertz CT molecular complexity index is 962. The molecule has 178 valence electrons. The molecule has 0 aliphatic carbocycles. The molecule has 1 saturated heterocycles. The molecule has 0 unspecified atom stereocenters. The van der Waals surface area contributed by atoms with E-state index in [0.29, 0.717) is 19.6 Å². The van der Waals surface area contributed by atoms with Crippen molar-refractivity contribution in [1.82, 2.24) is 14.9 Å². The Kier molecular flexibility index (Phi) is 11.0. The number of ether oxygens (including phenoxy) is 2. The molecule has 9 nitrogen and oxygen atoms in total. The number of rotatable bonds is 8. The zero-order valence-corrected chi connectivity index (χ0v) is 20.9. The van der Waals surface area contributed by atoms with E-state index < -0.39 is 12.0 Å². The van der Waals surface area contributed by atoms with Crippen LogP contribution in [0, 0.1) is 20.8 Å². The summed E-state index contributed by atoms with van der Waals surface area (Å²) in [5.41, 5.74) is 3.04. The van der Waals surface area contributed by atoms with Gasteiger partial charge in [-0.05, 0) is 44.5 Å². The maximum atomic E-state index is 11.0. The van der Waals surface area contributed by atoms with Crippen LogP contribution in [-0.4, -0.2) is 72.8 Å². The molecule has 2 aromatic rings. The lowest BCUT2D eigenvalue weighted by Gasteiger charge is -2.30. The number of hydrogen-bond donors (Lipinski definition) is 1. The molecule has 0 saturated carbocycles. The van der Waals surface area contributed by atoms with Gasteiger partial charge in [0.2, 0.25) is 6.41 Å². The Hall–Kier alpha value is -2.76. The average molecular weight is 492 g/mol. The summed E-state index contributed by atoms with van der Waals surface area (Å²) >= 11 is 3.27. The second-order valence-electron chi connectivity index (χ2n) is 6.97. The van der Waals surface area contributed by atoms with Crippen LogP contribution in [0.2, 0.25) is 0 Å². The van der Waals surface area contributed by atoms with Gasteiger partial charge in [-0.25, -0.2) is 14.8 Å². The smallest absolute Gasteiger partial charge is 0.330 e. The zero-order valence-electron chi connectivity index (χ0n) is 19.2. The Morgan fingerprint density at radius 1 is 1.45 bits per heavy atom. The highest BCUT2D eigenvalue weighted by Crippen LogP contribution is 2.28. The van der Waals surface area contributed by atoms with E-state index in [2.05, 4.69) is 31.7 Å². The molecule has 0 radical (unpaired) electrons. The van der Waals surface area contributed by atoms with Gasteiger partial charge in [-0.1, -0.05) is 6.07 Å². The first kappa shape index (κ1) is 26.5. The molecular weight excluding hydrogens is 462 g/mol. The van der Waals surface area contributed by atoms with Crippen molar-refractivity contribution in [3.63, 3.8) is 0 Å². The van der Waals surface area contributed by atoms with Crippen LogP contribution >= 0.6 is 23.1 Å². The number of carbonyl (C=O) groups excluding carboxylic acids is 2. The van der Waals surface area contributed by atoms with Crippen molar-refractivity contribution in [3.8, 4) is 0 Å². The minimum Gasteiger partial charge on any atom is -0.467 e. The molecule has 1 aliphatic rings. The fourth-order valence-corrected chi connectivity index (χ4v) is 4.46. The molecule has 3 rings (SSSR count). The summed E-state index contributed by atoms with van der Waals surface area (Å²) in [5, 5.41) is 6.31. The van der Waals surface area contributed by atoms with Gasteiger partial charge in [-0.15, -0.1) is 23.1 Å². The van der Waals surface area contributed by atoms with Crippen LogP contribution in [0.1, 0.15) is 21.1 Å². The van der Waals surface area contributed by atoms with Crippen LogP contribution in [0.15, 0.2) is 28.7 Å². The molecule has 0 spiro atoms. The number of pyridine rings is 1. The van der Waals surface area contributed by atoms with Crippen molar-refractivity contribution >= 4 is 53.7 Å². The summed E-state index contributed by atoms with van der Waals surface area (Å²) in [4.78, 5) is 36.8. The van der Waals surface area contributed by atoms with E-state index in [1.807, 2.05) is 44.5 Å². The van der Waals surface area contributed by atoms with Crippen molar-refractivity contribution in [2.75, 3.05) is 38.1 Å². The topological polar surface area (TPSA) is 106 Å². The summed E-state index contributed by atoms with van der Waals surface area (Å²) in [5.74, 6) is 1.17. The molecule has 0 bridgehead atoms. The van der Waals surface area contributed by atoms with Crippen LogP contribution < -0.4 is 5.32 Å². The first-order chi connectivity index (χ1) is 15.9. The van der Waals surface area contributed by atoms with Gasteiger partial charge in [-0.3, -0.25) is 9.79 Å². The lowest BCUT2D eigenvalue weighted by molar-refractivity contribution is -0.156. The van der Waals surface area contributed by atoms with Crippen LogP contribution in [0.3, 0.4) is 0 Å². The number of morpholine rings is 1. The molecule has 2 aromatic heterocycles. The number of anilines is 1. The number of methoxy groups -OCH3 is 1. The van der Waals surface area contributed by atoms with E-state index in [9.17, 15) is 9.59 Å². The predicted octanol–water partition coefficient (Wildman–Crippen LogP) is 3.28. The standard InChI is InChI=1S/C15H18N4S2.C7H11NO4/c1-10-5-6-14(17-7-10)18-9-20-8-13(16-4)15-11(2)19-12(3)21-15;1-11-7(10)6-4-12-3-2-8(6)5-9/h5-8H,4,9H2,1-3H3,(H,17,18);5-6H,2-4H2,1H3/b13-8-;/t;6-/m.0/s1. The van der Waals surface area contributed by atoms with Gasteiger partial charge in [0.25, 0.3) is 0 Å². The number of aryl methyl sites for hydroxylation is 3. The van der Waals surface area contributed by atoms with E-state index >= 15 is 0 Å². The number of amides is 1. The Balaban J connectivity index is 0.000000273. The van der Waals surface area contributed by atoms with E-state index in [4.69, 9.17) is 4.74 Å². The minimum atomic E-state index is -0.568. The molecule has 1 aliphatic heterocycles. The molecule has 0 aromatic carbocycles. The molecule has 33 heavy (non-hydrogen) atoms. The summed E-state index contributed by atoms with van der Waals surface area (Å²) in [6.45, 7) is 10.8. The van der Waals surface area contributed by atoms with Crippen LogP contribution in [0.25, 0.3) is 5.70 Å². The lowest BCUT2D eigenvalue weighted by Crippen LogP contribution is -2.49. The number of nitrogens with zero attached hydrogens (tertiary/aromatic N) is 4. The first-order valence-electron chi connectivity index (χ1n) is 10.2. The van der Waals surface area contributed by atoms with Crippen molar-refractivity contribution in [2.24, 2.45) is 4.99 Å². The van der Waals surface area contributed by atoms with Crippen molar-refractivity contribution in [1.29, 1.82) is 0 Å². The Morgan fingerprint density at radius 2 is 2.24 bits per heavy atom. The van der Waals surface area contributed by atoms with E-state index in [0.717, 1.165) is 38.5 Å². The maximum absolute atomic E-state index is 11.0. The van der Waals surface area contributed by atoms with Gasteiger partial charge in [0.1, 0.15) is 5.82 Å². The monoisotopic (exact) mass is 491 g/mol. The number of nitrogens with one attached hydrogen (secondary N) is 1. The number of thiazole rings is 1. The van der Waals surface area contributed by atoms with Crippen molar-refractivity contribution in [2.45, 2.75) is 26.8 Å². The van der Waals surface area contributed by atoms with Gasteiger partial charge < -0.3 is 19.7 Å². The molecule has 1 amide bonds. The Morgan fingerprint density at radius 3 is 2.82 bits per heavy atom. The zero-order chi connectivity index (χ0) is 24.2. The molecule has 1 atom stereocenters. The highest BCUT2D eigenvalue weighted by Gasteiger charge is 2.28. The third-order valence-corrected chi connectivity index (χ3v) is 6.32. The van der Waals surface area contributed by atoms with Crippen LogP contribution in [0.4, 0.5) is 5.82 Å². The number of thioether (sulfide) groups is 1. The average Bonchev–Trinajstić information content (AvgIpc) is 3.17. The molecule has 1 fully saturated rings. The first-order valence-corrected chi connectivity index (χ1v) is 12.0. The molecular formula is C22H29N5O4S2. The van der Waals surface area contributed by atoms with Crippen LogP contribution in [-0.2, 0) is 19.1 Å². The van der Waals surface area contributed by atoms with Crippen molar-refractivity contribution < 1.29 is 19.1 Å². The van der Waals surface area contributed by atoms with E-state index in [1.165, 1.54) is 12.0 Å². The predicted molar refractivity (Wildman–Crippen MR) is 134 cm³/mol. The molecule has 1 N–H and O–H groups in total. The van der Waals surface area contributed by atoms with E-state index in [1.54, 1.807) is 23.1 Å². The number of hydrogen-bond acceptors (Lipinski definition) is 10. The molecule has 3 heterocycles. The normalized spacial score (nSPS) is 15.8. The third-order valence-electron chi connectivity index (χ3n) is 4.53. The quantitative estimate of drug-likeness (QED) is 0.197. The molecule has 11 heteroatoms. The van der Waals surface area contributed by atoms with Gasteiger partial charge in [0.05, 0.1) is 47.5 Å². The summed E-state index contributed by atoms with van der Waals surface area (Å²) < 4.78 is 9.54. The fourth-order valence-electron chi connectivity index (χ4n) is 2.82. The van der Waals surface area contributed by atoms with Gasteiger partial charge >= 0.3 is 5.97 Å². The Labute approximate surface area is 202 Å². The van der Waals surface area contributed by atoms with Gasteiger partial charge in [0, 0.05) is 12.7 Å². The minimum absolute atomic E-state index is 0.228. The highest BCUT2D eigenvalue weighted by molar-refractivity contribution is 8.02. The summed E-state index contributed by atoms with van der Waals surface area (Å²) in [6, 6.07) is 3.44. The second kappa shape index (κ2) is 13.7. The SMILES string of the molecule is C=N/C(=C\SCNc1ccc(C)cn1)c1sc(C)nc1C.COC(=O)[C@@H]1COCCN1C=O. The van der Waals surface area contributed by atoms with Gasteiger partial charge in [-0.2, -0.15) is 0 Å². The van der Waals surface area contributed by atoms with Gasteiger partial charge in [0.15, 0.2) is 6.04 Å². The third kappa shape index (κ3) is 8.26. The number of aliphatic imine (C=N–C) groups is 1. The number of esters is 1. The maximum Gasteiger partial charge on any atom is 0.330 e. The highest BCUT2D eigenvalue weighted by atomic mass is 32.2. The fraction of sp³-hybridized carbons (Fsp3) is 0.409. The summed E-state index contributed by atoms with van der Waals surface area (Å²) in [7, 11) is 1.29. The largest absolute Gasteiger partial charge is 0.467 e. The number of aromatic nitrogens is 2. The van der Waals surface area contributed by atoms with Crippen LogP contribution in [0.5, 0.6) is 0 Å². The lowest BCUT2D eigenvalue weighted by atomic mass is 10.2.